The Labute approximate surface area is 146 Å². The number of aryl methyl sites for hydroxylation is 1. The second-order valence-corrected chi connectivity index (χ2v) is 7.89. The number of esters is 1. The number of hydrogen-bond donors (Lipinski definition) is 0. The average Bonchev–Trinajstić information content (AvgIpc) is 2.91. The molecule has 2 fully saturated rings. The largest absolute Gasteiger partial charge is 0.469 e. The van der Waals surface area contributed by atoms with Crippen molar-refractivity contribution in [3.05, 3.63) is 35.4 Å². The predicted octanol–water partition coefficient (Wildman–Crippen LogP) is 2.95. The number of benzene rings is 1. The summed E-state index contributed by atoms with van der Waals surface area (Å²) >= 11 is 0. The Hall–Kier alpha value is -1.98. The maximum absolute atomic E-state index is 13.3. The van der Waals surface area contributed by atoms with Crippen LogP contribution in [-0.2, 0) is 20.7 Å². The first-order valence-corrected chi connectivity index (χ1v) is 8.50. The molecule has 0 N–H and O–H groups in total. The number of carbonyl (C=O) groups excluding carboxylic acids is 2. The number of amides is 1. The molecular weight excluding hydrogens is 328 g/mol. The molecule has 0 spiro atoms. The number of ether oxygens (including phenoxy) is 1. The Kier molecular flexibility index (Phi) is 4.33. The van der Waals surface area contributed by atoms with Gasteiger partial charge in [-0.1, -0.05) is 19.9 Å². The summed E-state index contributed by atoms with van der Waals surface area (Å²) in [5.41, 5.74) is -0.00317. The van der Waals surface area contributed by atoms with Crippen molar-refractivity contribution in [3.8, 4) is 0 Å². The molecular formula is C19H23F2NO3. The standard InChI is InChI=1S/C19H23F2NO3/c1-18(2)10-19(17(24)25-3)11-22(9-15(18)19)16(23)7-5-12-4-6-13(20)14(21)8-12/h4,6,8,15H,5,7,9-11H2,1-3H3/t15-,19+/m1/s1. The Morgan fingerprint density at radius 2 is 2.00 bits per heavy atom. The fourth-order valence-corrected chi connectivity index (χ4v) is 4.67. The van der Waals surface area contributed by atoms with Crippen LogP contribution in [-0.4, -0.2) is 37.0 Å². The van der Waals surface area contributed by atoms with E-state index in [9.17, 15) is 18.4 Å². The first-order valence-electron chi connectivity index (χ1n) is 8.50. The molecule has 136 valence electrons. The third kappa shape index (κ3) is 2.92. The van der Waals surface area contributed by atoms with Crippen LogP contribution in [0.2, 0.25) is 0 Å². The lowest BCUT2D eigenvalue weighted by atomic mass is 9.48. The van der Waals surface area contributed by atoms with E-state index < -0.39 is 17.0 Å². The second-order valence-electron chi connectivity index (χ2n) is 7.89. The molecule has 0 bridgehead atoms. The number of fused-ring (bicyclic) bond motifs is 1. The molecule has 1 amide bonds. The lowest BCUT2D eigenvalue weighted by molar-refractivity contribution is -0.174. The molecule has 2 atom stereocenters. The van der Waals surface area contributed by atoms with Gasteiger partial charge in [0.1, 0.15) is 0 Å². The van der Waals surface area contributed by atoms with Gasteiger partial charge in [-0.2, -0.15) is 0 Å². The lowest BCUT2D eigenvalue weighted by Gasteiger charge is -2.54. The van der Waals surface area contributed by atoms with Gasteiger partial charge in [0, 0.05) is 19.5 Å². The highest BCUT2D eigenvalue weighted by atomic mass is 19.2. The van der Waals surface area contributed by atoms with Crippen LogP contribution in [0.25, 0.3) is 0 Å². The molecule has 25 heavy (non-hydrogen) atoms. The highest BCUT2D eigenvalue weighted by molar-refractivity contribution is 5.83. The number of hydrogen-bond acceptors (Lipinski definition) is 3. The normalized spacial score (nSPS) is 26.8. The van der Waals surface area contributed by atoms with Crippen LogP contribution in [0.15, 0.2) is 18.2 Å². The zero-order chi connectivity index (χ0) is 18.4. The minimum absolute atomic E-state index is 0.00328. The molecule has 1 aromatic rings. The van der Waals surface area contributed by atoms with E-state index in [0.29, 0.717) is 31.5 Å². The molecule has 1 saturated carbocycles. The summed E-state index contributed by atoms with van der Waals surface area (Å²) in [6, 6.07) is 3.67. The predicted molar refractivity (Wildman–Crippen MR) is 87.6 cm³/mol. The van der Waals surface area contributed by atoms with Crippen molar-refractivity contribution in [2.75, 3.05) is 20.2 Å². The Bertz CT molecular complexity index is 719. The average molecular weight is 351 g/mol. The Morgan fingerprint density at radius 3 is 2.60 bits per heavy atom. The van der Waals surface area contributed by atoms with Crippen LogP contribution in [0.3, 0.4) is 0 Å². The summed E-state index contributed by atoms with van der Waals surface area (Å²) in [6.45, 7) is 5.13. The van der Waals surface area contributed by atoms with Gasteiger partial charge in [0.05, 0.1) is 12.5 Å². The van der Waals surface area contributed by atoms with E-state index in [1.54, 1.807) is 4.90 Å². The number of nitrogens with zero attached hydrogens (tertiary/aromatic N) is 1. The summed E-state index contributed by atoms with van der Waals surface area (Å²) in [6.07, 6.45) is 1.26. The van der Waals surface area contributed by atoms with Crippen molar-refractivity contribution in [1.82, 2.24) is 4.90 Å². The van der Waals surface area contributed by atoms with Crippen LogP contribution < -0.4 is 0 Å². The molecule has 0 unspecified atom stereocenters. The van der Waals surface area contributed by atoms with Gasteiger partial charge >= 0.3 is 5.97 Å². The van der Waals surface area contributed by atoms with E-state index in [0.717, 1.165) is 12.1 Å². The van der Waals surface area contributed by atoms with Crippen molar-refractivity contribution >= 4 is 11.9 Å². The maximum atomic E-state index is 13.3. The number of carbonyl (C=O) groups is 2. The summed E-state index contributed by atoms with van der Waals surface area (Å²) in [5.74, 6) is -2.02. The SMILES string of the molecule is COC(=O)[C@@]12CN(C(=O)CCc3ccc(F)c(F)c3)C[C@@H]1C(C)(C)C2. The molecule has 1 saturated heterocycles. The zero-order valence-corrected chi connectivity index (χ0v) is 14.8. The monoisotopic (exact) mass is 351 g/mol. The minimum Gasteiger partial charge on any atom is -0.469 e. The second kappa shape index (κ2) is 6.07. The molecule has 1 aliphatic carbocycles. The van der Waals surface area contributed by atoms with E-state index in [1.807, 2.05) is 0 Å². The van der Waals surface area contributed by atoms with Crippen molar-refractivity contribution in [2.45, 2.75) is 33.1 Å². The van der Waals surface area contributed by atoms with Gasteiger partial charge in [-0.15, -0.1) is 0 Å². The Morgan fingerprint density at radius 1 is 1.28 bits per heavy atom. The number of halogens is 2. The highest BCUT2D eigenvalue weighted by Gasteiger charge is 2.67. The number of methoxy groups -OCH3 is 1. The van der Waals surface area contributed by atoms with Crippen molar-refractivity contribution in [3.63, 3.8) is 0 Å². The minimum atomic E-state index is -0.907. The molecule has 6 heteroatoms. The fourth-order valence-electron chi connectivity index (χ4n) is 4.67. The van der Waals surface area contributed by atoms with E-state index in [4.69, 9.17) is 4.74 Å². The van der Waals surface area contributed by atoms with Crippen molar-refractivity contribution < 1.29 is 23.1 Å². The third-order valence-corrected chi connectivity index (χ3v) is 5.81. The first kappa shape index (κ1) is 17.8. The molecule has 4 nitrogen and oxygen atoms in total. The summed E-state index contributed by atoms with van der Waals surface area (Å²) in [7, 11) is 1.38. The fraction of sp³-hybridized carbons (Fsp3) is 0.579. The third-order valence-electron chi connectivity index (χ3n) is 5.81. The van der Waals surface area contributed by atoms with Gasteiger partial charge in [0.25, 0.3) is 0 Å². The van der Waals surface area contributed by atoms with Crippen LogP contribution in [0.4, 0.5) is 8.78 Å². The quantitative estimate of drug-likeness (QED) is 0.784. The summed E-state index contributed by atoms with van der Waals surface area (Å²) in [5, 5.41) is 0. The van der Waals surface area contributed by atoms with E-state index in [2.05, 4.69) is 13.8 Å². The van der Waals surface area contributed by atoms with Gasteiger partial charge in [0.15, 0.2) is 11.6 Å². The van der Waals surface area contributed by atoms with Crippen molar-refractivity contribution in [2.24, 2.45) is 16.7 Å². The van der Waals surface area contributed by atoms with Gasteiger partial charge in [-0.3, -0.25) is 9.59 Å². The molecule has 1 aromatic carbocycles. The molecule has 1 heterocycles. The lowest BCUT2D eigenvalue weighted by Crippen LogP contribution is -2.57. The molecule has 0 radical (unpaired) electrons. The van der Waals surface area contributed by atoms with Crippen LogP contribution in [0.5, 0.6) is 0 Å². The number of rotatable bonds is 4. The molecule has 0 aromatic heterocycles. The molecule has 2 aliphatic rings. The topological polar surface area (TPSA) is 46.6 Å². The van der Waals surface area contributed by atoms with Crippen LogP contribution >= 0.6 is 0 Å². The van der Waals surface area contributed by atoms with Gasteiger partial charge in [-0.05, 0) is 41.9 Å². The van der Waals surface area contributed by atoms with Crippen molar-refractivity contribution in [1.29, 1.82) is 0 Å². The van der Waals surface area contributed by atoms with E-state index in [-0.39, 0.29) is 29.6 Å². The molecule has 1 aliphatic heterocycles. The first-order chi connectivity index (χ1) is 11.7. The van der Waals surface area contributed by atoms with Crippen LogP contribution in [0.1, 0.15) is 32.3 Å². The summed E-state index contributed by atoms with van der Waals surface area (Å²) in [4.78, 5) is 26.5. The van der Waals surface area contributed by atoms with Gasteiger partial charge < -0.3 is 9.64 Å². The number of likely N-dealkylation sites (tertiary alicyclic amines) is 1. The smallest absolute Gasteiger partial charge is 0.314 e. The van der Waals surface area contributed by atoms with Gasteiger partial charge in [-0.25, -0.2) is 8.78 Å². The highest BCUT2D eigenvalue weighted by Crippen LogP contribution is 2.63. The van der Waals surface area contributed by atoms with E-state index >= 15 is 0 Å². The van der Waals surface area contributed by atoms with Crippen LogP contribution in [0, 0.1) is 28.4 Å². The Balaban J connectivity index is 1.65. The summed E-state index contributed by atoms with van der Waals surface area (Å²) < 4.78 is 31.2. The molecule has 3 rings (SSSR count). The maximum Gasteiger partial charge on any atom is 0.314 e. The zero-order valence-electron chi connectivity index (χ0n) is 14.8. The van der Waals surface area contributed by atoms with Gasteiger partial charge in [0.2, 0.25) is 5.91 Å². The van der Waals surface area contributed by atoms with E-state index in [1.165, 1.54) is 13.2 Å².